The maximum absolute atomic E-state index is 13.0. The van der Waals surface area contributed by atoms with Crippen LogP contribution in [0, 0.1) is 10.1 Å². The second-order valence-electron chi connectivity index (χ2n) is 7.72. The summed E-state index contributed by atoms with van der Waals surface area (Å²) >= 11 is 0. The number of nitrogens with zero attached hydrogens (tertiary/aromatic N) is 3. The fraction of sp³-hybridized carbons (Fsp3) is 0.208. The Hall–Kier alpha value is -4.51. The summed E-state index contributed by atoms with van der Waals surface area (Å²) in [6, 6.07) is 13.9. The average Bonchev–Trinajstić information content (AvgIpc) is 3.30. The van der Waals surface area contributed by atoms with Gasteiger partial charge in [-0.25, -0.2) is 14.3 Å². The minimum absolute atomic E-state index is 0.0355. The van der Waals surface area contributed by atoms with Crippen LogP contribution in [0.4, 0.5) is 10.5 Å². The minimum Gasteiger partial charge on any atom is -0.460 e. The number of non-ortho nitro benzene ring substituents is 1. The molecular weight excluding hydrogens is 454 g/mol. The van der Waals surface area contributed by atoms with Crippen LogP contribution in [-0.2, 0) is 14.3 Å². The summed E-state index contributed by atoms with van der Waals surface area (Å²) < 4.78 is 11.9. The topological polar surface area (TPSA) is 138 Å². The Kier molecular flexibility index (Phi) is 6.88. The maximum Gasteiger partial charge on any atom is 0.338 e. The molecule has 2 amide bonds. The molecule has 4 rings (SSSR count). The van der Waals surface area contributed by atoms with E-state index in [-0.39, 0.29) is 24.5 Å². The summed E-state index contributed by atoms with van der Waals surface area (Å²) in [5.74, 6) is -0.630. The lowest BCUT2D eigenvalue weighted by Crippen LogP contribution is -2.45. The summed E-state index contributed by atoms with van der Waals surface area (Å²) in [6.45, 7) is 1.86. The van der Waals surface area contributed by atoms with Gasteiger partial charge in [0.2, 0.25) is 0 Å². The van der Waals surface area contributed by atoms with E-state index in [0.29, 0.717) is 22.5 Å². The van der Waals surface area contributed by atoms with Crippen LogP contribution in [0.25, 0.3) is 16.9 Å². The first-order valence-corrected chi connectivity index (χ1v) is 10.7. The third-order valence-corrected chi connectivity index (χ3v) is 5.41. The molecule has 1 unspecified atom stereocenters. The Balaban J connectivity index is 1.86. The van der Waals surface area contributed by atoms with Crippen LogP contribution in [0.2, 0.25) is 0 Å². The quantitative estimate of drug-likeness (QED) is 0.220. The number of allylic oxidation sites excluding steroid dienone is 1. The second kappa shape index (κ2) is 10.2. The molecule has 1 aliphatic heterocycles. The van der Waals surface area contributed by atoms with Gasteiger partial charge in [-0.1, -0.05) is 30.3 Å². The molecule has 1 aromatic heterocycles. The number of rotatable bonds is 8. The van der Waals surface area contributed by atoms with Gasteiger partial charge >= 0.3 is 12.0 Å². The highest BCUT2D eigenvalue weighted by molar-refractivity contribution is 5.95. The van der Waals surface area contributed by atoms with Gasteiger partial charge in [-0.3, -0.25) is 10.1 Å². The third-order valence-electron chi connectivity index (χ3n) is 5.41. The molecule has 3 aromatic rings. The highest BCUT2D eigenvalue weighted by Crippen LogP contribution is 2.35. The van der Waals surface area contributed by atoms with Crippen LogP contribution in [0.3, 0.4) is 0 Å². The van der Waals surface area contributed by atoms with E-state index in [4.69, 9.17) is 9.47 Å². The first-order valence-electron chi connectivity index (χ1n) is 10.7. The van der Waals surface area contributed by atoms with Crippen molar-refractivity contribution in [1.82, 2.24) is 20.4 Å². The van der Waals surface area contributed by atoms with Crippen molar-refractivity contribution in [2.45, 2.75) is 13.0 Å². The van der Waals surface area contributed by atoms with Gasteiger partial charge in [-0.15, -0.1) is 0 Å². The smallest absolute Gasteiger partial charge is 0.338 e. The highest BCUT2D eigenvalue weighted by atomic mass is 16.6. The van der Waals surface area contributed by atoms with Crippen molar-refractivity contribution in [3.8, 4) is 16.9 Å². The van der Waals surface area contributed by atoms with Crippen LogP contribution in [0.15, 0.2) is 72.1 Å². The predicted molar refractivity (Wildman–Crippen MR) is 126 cm³/mol. The standard InChI is InChI=1S/C24H23N5O6/c1-15-20(23(30)35-12-11-34-2)22(26-24(31)25-15)19-14-28(17-8-4-3-5-9-17)27-21(19)16-7-6-10-18(13-16)29(32)33/h3-10,13-14,22H,11-12H2,1-2H3,(H2,25,26,31). The molecule has 2 heterocycles. The molecule has 180 valence electrons. The van der Waals surface area contributed by atoms with E-state index in [0.717, 1.165) is 5.69 Å². The Morgan fingerprint density at radius 1 is 1.17 bits per heavy atom. The Morgan fingerprint density at radius 3 is 2.66 bits per heavy atom. The monoisotopic (exact) mass is 477 g/mol. The van der Waals surface area contributed by atoms with Gasteiger partial charge in [0.1, 0.15) is 6.61 Å². The van der Waals surface area contributed by atoms with Gasteiger partial charge in [0.15, 0.2) is 0 Å². The lowest BCUT2D eigenvalue weighted by molar-refractivity contribution is -0.384. The molecule has 2 N–H and O–H groups in total. The van der Waals surface area contributed by atoms with Crippen molar-refractivity contribution >= 4 is 17.7 Å². The number of aromatic nitrogens is 2. The van der Waals surface area contributed by atoms with Crippen molar-refractivity contribution < 1.29 is 24.0 Å². The summed E-state index contributed by atoms with van der Waals surface area (Å²) in [7, 11) is 1.49. The molecule has 0 spiro atoms. The number of hydrogen-bond acceptors (Lipinski definition) is 7. The zero-order chi connectivity index (χ0) is 24.9. The number of ether oxygens (including phenoxy) is 2. The number of urea groups is 1. The maximum atomic E-state index is 13.0. The van der Waals surface area contributed by atoms with Crippen molar-refractivity contribution in [2.24, 2.45) is 0 Å². The number of methoxy groups -OCH3 is 1. The normalized spacial score (nSPS) is 15.4. The van der Waals surface area contributed by atoms with Gasteiger partial charge < -0.3 is 20.1 Å². The van der Waals surface area contributed by atoms with E-state index in [2.05, 4.69) is 15.7 Å². The van der Waals surface area contributed by atoms with E-state index in [1.54, 1.807) is 29.9 Å². The lowest BCUT2D eigenvalue weighted by Gasteiger charge is -2.27. The SMILES string of the molecule is COCCOC(=O)C1=C(C)NC(=O)NC1c1cn(-c2ccccc2)nc1-c1cccc([N+](=O)[O-])c1. The van der Waals surface area contributed by atoms with E-state index in [1.165, 1.54) is 19.2 Å². The molecule has 0 fully saturated rings. The van der Waals surface area contributed by atoms with Gasteiger partial charge in [0.25, 0.3) is 5.69 Å². The zero-order valence-electron chi connectivity index (χ0n) is 19.1. The molecule has 0 saturated heterocycles. The number of hydrogen-bond donors (Lipinski definition) is 2. The Labute approximate surface area is 200 Å². The molecular formula is C24H23N5O6. The number of nitro benzene ring substituents is 1. The van der Waals surface area contributed by atoms with Crippen molar-refractivity contribution in [3.05, 3.63) is 87.7 Å². The fourth-order valence-corrected chi connectivity index (χ4v) is 3.80. The summed E-state index contributed by atoms with van der Waals surface area (Å²) in [4.78, 5) is 36.3. The molecule has 1 atom stereocenters. The van der Waals surface area contributed by atoms with Crippen molar-refractivity contribution in [3.63, 3.8) is 0 Å². The van der Waals surface area contributed by atoms with E-state index < -0.39 is 23.0 Å². The summed E-state index contributed by atoms with van der Waals surface area (Å²) in [5.41, 5.74) is 2.46. The predicted octanol–water partition coefficient (Wildman–Crippen LogP) is 3.27. The number of nitrogens with one attached hydrogen (secondary N) is 2. The largest absolute Gasteiger partial charge is 0.460 e. The number of amides is 2. The molecule has 11 heteroatoms. The summed E-state index contributed by atoms with van der Waals surface area (Å²) in [5, 5.41) is 21.4. The number of carbonyl (C=O) groups excluding carboxylic acids is 2. The van der Waals surface area contributed by atoms with Gasteiger partial charge in [0.05, 0.1) is 34.5 Å². The van der Waals surface area contributed by atoms with Crippen LogP contribution in [-0.4, -0.2) is 47.0 Å². The Morgan fingerprint density at radius 2 is 1.94 bits per heavy atom. The molecule has 11 nitrogen and oxygen atoms in total. The van der Waals surface area contributed by atoms with Crippen LogP contribution >= 0.6 is 0 Å². The number of esters is 1. The van der Waals surface area contributed by atoms with Crippen molar-refractivity contribution in [1.29, 1.82) is 0 Å². The fourth-order valence-electron chi connectivity index (χ4n) is 3.80. The first-order chi connectivity index (χ1) is 16.9. The first kappa shape index (κ1) is 23.6. The number of benzene rings is 2. The van der Waals surface area contributed by atoms with Gasteiger partial charge in [0, 0.05) is 42.3 Å². The van der Waals surface area contributed by atoms with E-state index in [9.17, 15) is 19.7 Å². The molecule has 0 radical (unpaired) electrons. The highest BCUT2D eigenvalue weighted by Gasteiger charge is 2.35. The average molecular weight is 477 g/mol. The molecule has 0 bridgehead atoms. The van der Waals surface area contributed by atoms with Gasteiger partial charge in [-0.2, -0.15) is 5.10 Å². The molecule has 0 aliphatic carbocycles. The Bertz CT molecular complexity index is 1300. The van der Waals surface area contributed by atoms with Crippen LogP contribution < -0.4 is 10.6 Å². The molecule has 0 saturated carbocycles. The second-order valence-corrected chi connectivity index (χ2v) is 7.72. The van der Waals surface area contributed by atoms with Crippen molar-refractivity contribution in [2.75, 3.05) is 20.3 Å². The zero-order valence-corrected chi connectivity index (χ0v) is 19.1. The van der Waals surface area contributed by atoms with Crippen LogP contribution in [0.5, 0.6) is 0 Å². The lowest BCUT2D eigenvalue weighted by atomic mass is 9.93. The number of para-hydroxylation sites is 1. The van der Waals surface area contributed by atoms with Crippen LogP contribution in [0.1, 0.15) is 18.5 Å². The number of carbonyl (C=O) groups is 2. The molecule has 2 aromatic carbocycles. The number of nitro groups is 1. The van der Waals surface area contributed by atoms with Gasteiger partial charge in [-0.05, 0) is 19.1 Å². The molecule has 35 heavy (non-hydrogen) atoms. The third kappa shape index (κ3) is 5.04. The minimum atomic E-state index is -0.912. The van der Waals surface area contributed by atoms with E-state index >= 15 is 0 Å². The summed E-state index contributed by atoms with van der Waals surface area (Å²) in [6.07, 6.45) is 1.69. The molecule has 1 aliphatic rings. The van der Waals surface area contributed by atoms with E-state index in [1.807, 2.05) is 30.3 Å².